The smallest absolute Gasteiger partial charge is 0.258 e. The molecule has 0 radical (unpaired) electrons. The topological polar surface area (TPSA) is 57.2 Å². The molecule has 0 aromatic carbocycles. The molecule has 2 rings (SSSR count). The van der Waals surface area contributed by atoms with Crippen LogP contribution < -0.4 is 0 Å². The summed E-state index contributed by atoms with van der Waals surface area (Å²) in [5, 5.41) is 8.94. The first-order chi connectivity index (χ1) is 7.33. The highest BCUT2D eigenvalue weighted by Gasteiger charge is 2.27. The molecule has 0 spiro atoms. The predicted octanol–water partition coefficient (Wildman–Crippen LogP) is 1.80. The maximum Gasteiger partial charge on any atom is 0.258 e. The van der Waals surface area contributed by atoms with Crippen molar-refractivity contribution < 1.29 is 9.21 Å². The second-order valence-electron chi connectivity index (χ2n) is 3.65. The van der Waals surface area contributed by atoms with Gasteiger partial charge in [-0.1, -0.05) is 0 Å². The molecule has 1 atom stereocenters. The van der Waals surface area contributed by atoms with Crippen LogP contribution in [0.3, 0.4) is 0 Å². The molecule has 78 valence electrons. The van der Waals surface area contributed by atoms with Crippen LogP contribution in [0.25, 0.3) is 0 Å². The molecule has 1 fully saturated rings. The number of likely N-dealkylation sites (tertiary alicyclic amines) is 1. The molecule has 1 aromatic rings. The Morgan fingerprint density at radius 3 is 3.13 bits per heavy atom. The lowest BCUT2D eigenvalue weighted by molar-refractivity contribution is 0.0670. The van der Waals surface area contributed by atoms with Crippen molar-refractivity contribution in [2.24, 2.45) is 0 Å². The van der Waals surface area contributed by atoms with Gasteiger partial charge in [0.05, 0.1) is 17.9 Å². The third-order valence-corrected chi connectivity index (χ3v) is 2.68. The molecule has 0 bridgehead atoms. The van der Waals surface area contributed by atoms with E-state index in [1.165, 1.54) is 12.5 Å². The van der Waals surface area contributed by atoms with E-state index < -0.39 is 0 Å². The number of nitriles is 1. The largest absolute Gasteiger partial charge is 0.472 e. The Morgan fingerprint density at radius 2 is 2.47 bits per heavy atom. The molecule has 0 saturated carbocycles. The summed E-state index contributed by atoms with van der Waals surface area (Å²) in [6.45, 7) is 0.669. The van der Waals surface area contributed by atoms with E-state index in [9.17, 15) is 4.79 Å². The van der Waals surface area contributed by atoms with Gasteiger partial charge in [-0.05, 0) is 25.3 Å². The minimum atomic E-state index is -0.277. The molecule has 1 aromatic heterocycles. The molecule has 4 nitrogen and oxygen atoms in total. The van der Waals surface area contributed by atoms with Gasteiger partial charge in [-0.15, -0.1) is 0 Å². The quantitative estimate of drug-likeness (QED) is 0.700. The highest BCUT2D eigenvalue weighted by molar-refractivity contribution is 5.94. The molecular formula is C11H12N2O2. The van der Waals surface area contributed by atoms with Crippen LogP contribution in [0, 0.1) is 11.3 Å². The number of furan rings is 1. The molecule has 1 aliphatic rings. The molecule has 4 heteroatoms. The number of piperidine rings is 1. The summed E-state index contributed by atoms with van der Waals surface area (Å²) in [6, 6.07) is 3.52. The van der Waals surface area contributed by atoms with Crippen LogP contribution in [-0.4, -0.2) is 23.4 Å². The predicted molar refractivity (Wildman–Crippen MR) is 53.0 cm³/mol. The van der Waals surface area contributed by atoms with Crippen LogP contribution in [0.5, 0.6) is 0 Å². The van der Waals surface area contributed by atoms with Crippen molar-refractivity contribution in [1.82, 2.24) is 4.90 Å². The maximum atomic E-state index is 11.9. The summed E-state index contributed by atoms with van der Waals surface area (Å²) in [5.41, 5.74) is 0.525. The number of nitrogens with zero attached hydrogens (tertiary/aromatic N) is 2. The van der Waals surface area contributed by atoms with Gasteiger partial charge < -0.3 is 9.32 Å². The van der Waals surface area contributed by atoms with Crippen LogP contribution in [-0.2, 0) is 0 Å². The highest BCUT2D eigenvalue weighted by Crippen LogP contribution is 2.19. The zero-order valence-electron chi connectivity index (χ0n) is 8.35. The first-order valence-corrected chi connectivity index (χ1v) is 5.05. The van der Waals surface area contributed by atoms with Crippen molar-refractivity contribution in [2.75, 3.05) is 6.54 Å². The number of carbonyl (C=O) groups excluding carboxylic acids is 1. The Hall–Kier alpha value is -1.76. The molecule has 0 N–H and O–H groups in total. The second-order valence-corrected chi connectivity index (χ2v) is 3.65. The van der Waals surface area contributed by atoms with Crippen molar-refractivity contribution in [3.8, 4) is 6.07 Å². The summed E-state index contributed by atoms with van der Waals surface area (Å²) >= 11 is 0. The third-order valence-electron chi connectivity index (χ3n) is 2.68. The standard InChI is InChI=1S/C11H12N2O2/c12-7-10-3-1-2-5-13(10)11(14)9-4-6-15-8-9/h4,6,8,10H,1-3,5H2. The van der Waals surface area contributed by atoms with Crippen molar-refractivity contribution in [1.29, 1.82) is 5.26 Å². The van der Waals surface area contributed by atoms with Gasteiger partial charge in [-0.25, -0.2) is 0 Å². The monoisotopic (exact) mass is 204 g/mol. The molecule has 1 aliphatic heterocycles. The lowest BCUT2D eigenvalue weighted by atomic mass is 10.0. The fourth-order valence-corrected chi connectivity index (χ4v) is 1.86. The third kappa shape index (κ3) is 1.86. The van der Waals surface area contributed by atoms with Crippen LogP contribution in [0.4, 0.5) is 0 Å². The Balaban J connectivity index is 2.15. The minimum absolute atomic E-state index is 0.102. The van der Waals surface area contributed by atoms with E-state index in [4.69, 9.17) is 9.68 Å². The summed E-state index contributed by atoms with van der Waals surface area (Å²) in [7, 11) is 0. The summed E-state index contributed by atoms with van der Waals surface area (Å²) in [4.78, 5) is 13.6. The average Bonchev–Trinajstić information content (AvgIpc) is 2.81. The van der Waals surface area contributed by atoms with Gasteiger partial charge in [0, 0.05) is 6.54 Å². The zero-order valence-corrected chi connectivity index (χ0v) is 8.35. The lowest BCUT2D eigenvalue weighted by Gasteiger charge is -2.30. The molecular weight excluding hydrogens is 192 g/mol. The number of amides is 1. The van der Waals surface area contributed by atoms with Crippen molar-refractivity contribution in [2.45, 2.75) is 25.3 Å². The van der Waals surface area contributed by atoms with E-state index in [1.54, 1.807) is 11.0 Å². The van der Waals surface area contributed by atoms with Gasteiger partial charge in [-0.2, -0.15) is 5.26 Å². The number of hydrogen-bond acceptors (Lipinski definition) is 3. The van der Waals surface area contributed by atoms with E-state index >= 15 is 0 Å². The van der Waals surface area contributed by atoms with Crippen LogP contribution >= 0.6 is 0 Å². The van der Waals surface area contributed by atoms with Crippen LogP contribution in [0.15, 0.2) is 23.0 Å². The molecule has 1 unspecified atom stereocenters. The minimum Gasteiger partial charge on any atom is -0.472 e. The summed E-state index contributed by atoms with van der Waals surface area (Å²) < 4.78 is 4.86. The SMILES string of the molecule is N#CC1CCCCN1C(=O)c1ccoc1. The van der Waals surface area contributed by atoms with Crippen molar-refractivity contribution in [3.63, 3.8) is 0 Å². The zero-order chi connectivity index (χ0) is 10.7. The van der Waals surface area contributed by atoms with Gasteiger partial charge >= 0.3 is 0 Å². The molecule has 1 saturated heterocycles. The average molecular weight is 204 g/mol. The Kier molecular flexibility index (Phi) is 2.72. The first-order valence-electron chi connectivity index (χ1n) is 5.05. The van der Waals surface area contributed by atoms with E-state index in [0.29, 0.717) is 12.1 Å². The number of hydrogen-bond donors (Lipinski definition) is 0. The van der Waals surface area contributed by atoms with Crippen molar-refractivity contribution in [3.05, 3.63) is 24.2 Å². The summed E-state index contributed by atoms with van der Waals surface area (Å²) in [6.07, 6.45) is 5.67. The first kappa shape index (κ1) is 9.78. The van der Waals surface area contributed by atoms with Gasteiger partial charge in [0.25, 0.3) is 5.91 Å². The fourth-order valence-electron chi connectivity index (χ4n) is 1.86. The van der Waals surface area contributed by atoms with E-state index in [1.807, 2.05) is 0 Å². The van der Waals surface area contributed by atoms with E-state index in [2.05, 4.69) is 6.07 Å². The van der Waals surface area contributed by atoms with Gasteiger partial charge in [0.1, 0.15) is 12.3 Å². The molecule has 2 heterocycles. The number of carbonyl (C=O) groups is 1. The maximum absolute atomic E-state index is 11.9. The van der Waals surface area contributed by atoms with Crippen LogP contribution in [0.2, 0.25) is 0 Å². The van der Waals surface area contributed by atoms with Crippen molar-refractivity contribution >= 4 is 5.91 Å². The molecule has 1 amide bonds. The lowest BCUT2D eigenvalue weighted by Crippen LogP contribution is -2.42. The normalized spacial score (nSPS) is 21.0. The second kappa shape index (κ2) is 4.18. The Bertz CT molecular complexity index is 378. The van der Waals surface area contributed by atoms with E-state index in [-0.39, 0.29) is 11.9 Å². The van der Waals surface area contributed by atoms with Crippen LogP contribution in [0.1, 0.15) is 29.6 Å². The highest BCUT2D eigenvalue weighted by atomic mass is 16.3. The number of rotatable bonds is 1. The Labute approximate surface area is 88.1 Å². The van der Waals surface area contributed by atoms with E-state index in [0.717, 1.165) is 19.3 Å². The fraction of sp³-hybridized carbons (Fsp3) is 0.455. The van der Waals surface area contributed by atoms with Gasteiger partial charge in [-0.3, -0.25) is 4.79 Å². The van der Waals surface area contributed by atoms with Gasteiger partial charge in [0.15, 0.2) is 0 Å². The van der Waals surface area contributed by atoms with Gasteiger partial charge in [0.2, 0.25) is 0 Å². The Morgan fingerprint density at radius 1 is 1.60 bits per heavy atom. The molecule has 0 aliphatic carbocycles. The summed E-state index contributed by atoms with van der Waals surface area (Å²) in [5.74, 6) is -0.102. The molecule has 15 heavy (non-hydrogen) atoms.